The number of fused-ring (bicyclic) bond motifs is 4. The summed E-state index contributed by atoms with van der Waals surface area (Å²) in [4.78, 5) is 19.8. The zero-order chi connectivity index (χ0) is 38.7. The van der Waals surface area contributed by atoms with Gasteiger partial charge in [-0.2, -0.15) is 10.1 Å². The summed E-state index contributed by atoms with van der Waals surface area (Å²) in [6.07, 6.45) is 12.8. The van der Waals surface area contributed by atoms with Crippen molar-refractivity contribution in [3.63, 3.8) is 0 Å². The summed E-state index contributed by atoms with van der Waals surface area (Å²) < 4.78 is 2.09. The molecular formula is C45H55ClN10. The van der Waals surface area contributed by atoms with E-state index < -0.39 is 0 Å². The van der Waals surface area contributed by atoms with E-state index in [1.165, 1.54) is 53.4 Å². The number of likely N-dealkylation sites (N-methyl/N-ethyl adjacent to an activating group) is 1. The third-order valence-electron chi connectivity index (χ3n) is 13.0. The number of hydrogen-bond donors (Lipinski definition) is 2. The van der Waals surface area contributed by atoms with Gasteiger partial charge in [-0.1, -0.05) is 56.8 Å². The van der Waals surface area contributed by atoms with Crippen LogP contribution in [0, 0.1) is 5.92 Å². The van der Waals surface area contributed by atoms with Crippen molar-refractivity contribution in [1.29, 1.82) is 0 Å². The fourth-order valence-electron chi connectivity index (χ4n) is 10.1. The molecule has 56 heavy (non-hydrogen) atoms. The summed E-state index contributed by atoms with van der Waals surface area (Å²) in [5.74, 6) is 2.32. The van der Waals surface area contributed by atoms with Crippen molar-refractivity contribution in [2.75, 3.05) is 59.8 Å². The Morgan fingerprint density at radius 3 is 2.50 bits per heavy atom. The number of para-hydroxylation sites is 1. The molecule has 0 radical (unpaired) electrons. The predicted octanol–water partition coefficient (Wildman–Crippen LogP) is 8.97. The lowest BCUT2D eigenvalue weighted by molar-refractivity contribution is 0.174. The normalized spacial score (nSPS) is 23.1. The lowest BCUT2D eigenvalue weighted by Crippen LogP contribution is -2.55. The number of benzene rings is 2. The van der Waals surface area contributed by atoms with E-state index in [1.54, 1.807) is 6.20 Å². The molecule has 2 aromatic heterocycles. The number of piperazine rings is 1. The Kier molecular flexibility index (Phi) is 9.82. The van der Waals surface area contributed by atoms with Gasteiger partial charge in [0, 0.05) is 104 Å². The van der Waals surface area contributed by atoms with E-state index >= 15 is 0 Å². The number of aromatic nitrogens is 4. The van der Waals surface area contributed by atoms with Gasteiger partial charge in [0.1, 0.15) is 5.02 Å². The van der Waals surface area contributed by atoms with Crippen LogP contribution in [0.2, 0.25) is 5.02 Å². The van der Waals surface area contributed by atoms with Crippen molar-refractivity contribution < 1.29 is 0 Å². The summed E-state index contributed by atoms with van der Waals surface area (Å²) in [6.45, 7) is 20.4. The molecule has 0 saturated carbocycles. The Morgan fingerprint density at radius 1 is 0.964 bits per heavy atom. The van der Waals surface area contributed by atoms with Crippen LogP contribution in [0.25, 0.3) is 17.0 Å². The average molecular weight is 771 g/mol. The molecule has 5 aliphatic heterocycles. The van der Waals surface area contributed by atoms with E-state index in [0.29, 0.717) is 28.8 Å². The number of hydrogen-bond acceptors (Lipinski definition) is 9. The average Bonchev–Trinajstić information content (AvgIpc) is 3.67. The number of aryl methyl sites for hydroxylation is 1. The van der Waals surface area contributed by atoms with E-state index in [2.05, 4.69) is 118 Å². The van der Waals surface area contributed by atoms with E-state index in [9.17, 15) is 0 Å². The number of anilines is 5. The van der Waals surface area contributed by atoms with Gasteiger partial charge in [0.2, 0.25) is 5.95 Å². The van der Waals surface area contributed by atoms with Gasteiger partial charge in [0.25, 0.3) is 0 Å². The number of piperidine rings is 2. The molecule has 2 N–H and O–H groups in total. The highest BCUT2D eigenvalue weighted by Crippen LogP contribution is 2.41. The summed E-state index contributed by atoms with van der Waals surface area (Å²) in [7, 11) is 4.18. The molecule has 5 aliphatic rings. The van der Waals surface area contributed by atoms with Crippen molar-refractivity contribution in [3.05, 3.63) is 101 Å². The molecule has 2 aromatic carbocycles. The van der Waals surface area contributed by atoms with Crippen LogP contribution >= 0.6 is 11.6 Å². The number of nitrogens with zero attached hydrogens (tertiary/aromatic N) is 8. The Bertz CT molecular complexity index is 2220. The molecule has 2 bridgehead atoms. The van der Waals surface area contributed by atoms with Crippen molar-refractivity contribution in [3.8, 4) is 0 Å². The van der Waals surface area contributed by atoms with Gasteiger partial charge in [0.15, 0.2) is 5.82 Å². The van der Waals surface area contributed by atoms with Crippen LogP contribution in [0.3, 0.4) is 0 Å². The van der Waals surface area contributed by atoms with Crippen LogP contribution in [-0.2, 0) is 7.05 Å². The van der Waals surface area contributed by atoms with Gasteiger partial charge in [-0.25, -0.2) is 4.98 Å². The number of nitrogens with one attached hydrogen (secondary N) is 2. The molecule has 9 rings (SSSR count). The fourth-order valence-corrected chi connectivity index (χ4v) is 10.2. The Balaban J connectivity index is 0.836. The molecule has 0 aliphatic carbocycles. The smallest absolute Gasteiger partial charge is 0.227 e. The number of rotatable bonds is 9. The minimum absolute atomic E-state index is 0.201. The van der Waals surface area contributed by atoms with Crippen LogP contribution in [-0.4, -0.2) is 76.5 Å². The predicted molar refractivity (Wildman–Crippen MR) is 232 cm³/mol. The van der Waals surface area contributed by atoms with Crippen molar-refractivity contribution >= 4 is 57.4 Å². The van der Waals surface area contributed by atoms with Gasteiger partial charge in [-0.15, -0.1) is 0 Å². The third-order valence-corrected chi connectivity index (χ3v) is 13.2. The zero-order valence-electron chi connectivity index (χ0n) is 33.2. The highest BCUT2D eigenvalue weighted by atomic mass is 35.5. The maximum Gasteiger partial charge on any atom is 0.227 e. The standard InChI is InChI=1S/C45H55ClN10/c1-7-9-32-22-33-23-34(13-17-40(33)52(5)30(32)4)49-44-39(46)24-47-45(50-44)56-35-14-15-36(56)27-54(26-35)25-31-18-20-55(21-19-31)41-11-8-10-38-42(51-53(6)43(38)41)37-16-12-28(2)48-29(37)3/h8,10-11,13,17,22-24,31,35-37,48H,2-4,7,9,12,14-16,18-21,25-27H2,1,5-6H3,(H,47,49,50). The Hall–Kier alpha value is -4.80. The Morgan fingerprint density at radius 2 is 1.75 bits per heavy atom. The fraction of sp³-hybridized carbons (Fsp3) is 0.444. The molecule has 292 valence electrons. The molecule has 11 heteroatoms. The number of allylic oxidation sites excluding steroid dienone is 3. The summed E-state index contributed by atoms with van der Waals surface area (Å²) in [5, 5.41) is 13.7. The maximum absolute atomic E-state index is 6.72. The molecule has 7 heterocycles. The van der Waals surface area contributed by atoms with Crippen molar-refractivity contribution in [2.24, 2.45) is 13.0 Å². The Labute approximate surface area is 336 Å². The second kappa shape index (κ2) is 14.9. The first-order valence-electron chi connectivity index (χ1n) is 20.6. The monoisotopic (exact) mass is 770 g/mol. The van der Waals surface area contributed by atoms with E-state index in [-0.39, 0.29) is 5.92 Å². The topological polar surface area (TPSA) is 80.6 Å². The molecule has 0 spiro atoms. The molecule has 4 aromatic rings. The number of likely N-dealkylation sites (tertiary alicyclic amines) is 1. The van der Waals surface area contributed by atoms with Crippen LogP contribution in [0.4, 0.5) is 28.8 Å². The van der Waals surface area contributed by atoms with Gasteiger partial charge in [-0.3, -0.25) is 9.58 Å². The largest absolute Gasteiger partial charge is 0.370 e. The van der Waals surface area contributed by atoms with Gasteiger partial charge in [0.05, 0.1) is 23.1 Å². The molecule has 4 saturated heterocycles. The first kappa shape index (κ1) is 36.8. The molecule has 10 nitrogen and oxygen atoms in total. The van der Waals surface area contributed by atoms with Gasteiger partial charge >= 0.3 is 0 Å². The van der Waals surface area contributed by atoms with E-state index in [4.69, 9.17) is 26.7 Å². The van der Waals surface area contributed by atoms with Crippen LogP contribution < -0.4 is 25.3 Å². The first-order valence-corrected chi connectivity index (χ1v) is 20.9. The summed E-state index contributed by atoms with van der Waals surface area (Å²) >= 11 is 6.72. The van der Waals surface area contributed by atoms with Crippen molar-refractivity contribution in [2.45, 2.75) is 76.3 Å². The summed E-state index contributed by atoms with van der Waals surface area (Å²) in [6, 6.07) is 13.9. The van der Waals surface area contributed by atoms with Crippen LogP contribution in [0.15, 0.2) is 85.0 Å². The van der Waals surface area contributed by atoms with Crippen molar-refractivity contribution in [1.82, 2.24) is 30.0 Å². The zero-order valence-corrected chi connectivity index (χ0v) is 34.0. The van der Waals surface area contributed by atoms with Crippen LogP contribution in [0.1, 0.15) is 75.5 Å². The molecule has 4 fully saturated rings. The first-order chi connectivity index (χ1) is 27.1. The molecule has 3 atom stereocenters. The quantitative estimate of drug-likeness (QED) is 0.173. The van der Waals surface area contributed by atoms with Gasteiger partial charge in [-0.05, 0) is 86.8 Å². The molecule has 0 amide bonds. The second-order valence-corrected chi connectivity index (χ2v) is 17.1. The third kappa shape index (κ3) is 6.74. The summed E-state index contributed by atoms with van der Waals surface area (Å²) in [5.41, 5.74) is 11.3. The lowest BCUT2D eigenvalue weighted by Gasteiger charge is -2.43. The van der Waals surface area contributed by atoms with Gasteiger partial charge < -0.3 is 25.3 Å². The SMILES string of the molecule is C=C1CCC(c2nn(C)c3c(N4CCC(CN5CC6CCC(C5)N6c5ncc(Cl)c(Nc6ccc7c(c6)C=C(CCC)C(=C)N7C)n5)CC4)cccc23)C(=C)N1. The minimum atomic E-state index is 0.201. The van der Waals surface area contributed by atoms with E-state index in [0.717, 1.165) is 98.5 Å². The minimum Gasteiger partial charge on any atom is -0.370 e. The van der Waals surface area contributed by atoms with Crippen LogP contribution in [0.5, 0.6) is 0 Å². The molecule has 3 unspecified atom stereocenters. The highest BCUT2D eigenvalue weighted by molar-refractivity contribution is 6.32. The molecular weight excluding hydrogens is 716 g/mol. The highest BCUT2D eigenvalue weighted by Gasteiger charge is 2.42. The van der Waals surface area contributed by atoms with E-state index in [1.807, 2.05) is 0 Å². The lowest BCUT2D eigenvalue weighted by atomic mass is 9.90. The second-order valence-electron chi connectivity index (χ2n) is 16.7. The number of halogens is 1. The maximum atomic E-state index is 6.72.